The quantitative estimate of drug-likeness (QED) is 0.468. The average Bonchev–Trinajstić information content (AvgIpc) is 2.77. The number of aliphatic hydroxyl groups excluding tert-OH is 1. The normalized spacial score (nSPS) is 24.9. The van der Waals surface area contributed by atoms with Crippen LogP contribution in [0, 0.1) is 11.8 Å². The fourth-order valence-electron chi connectivity index (χ4n) is 5.63. The molecule has 1 saturated carbocycles. The number of halogens is 1. The van der Waals surface area contributed by atoms with Crippen LogP contribution < -0.4 is 15.4 Å². The number of carbonyl (C=O) groups is 1. The van der Waals surface area contributed by atoms with Crippen LogP contribution in [0.3, 0.4) is 0 Å². The Hall–Kier alpha value is -2.15. The Morgan fingerprint density at radius 3 is 2.54 bits per heavy atom. The Kier molecular flexibility index (Phi) is 8.04. The summed E-state index contributed by atoms with van der Waals surface area (Å²) in [5.41, 5.74) is 3.09. The molecule has 2 heterocycles. The minimum atomic E-state index is -0.760. The Labute approximate surface area is 213 Å². The molecular weight excluding hydrogens is 462 g/mol. The fourth-order valence-corrected chi connectivity index (χ4v) is 5.75. The molecule has 2 aromatic rings. The third-order valence-corrected chi connectivity index (χ3v) is 7.33. The summed E-state index contributed by atoms with van der Waals surface area (Å²) < 4.78 is 6.43. The number of fused-ring (bicyclic) bond motifs is 1. The lowest BCUT2D eigenvalue weighted by Gasteiger charge is -2.50. The number of ether oxygens (including phenoxy) is 1. The Morgan fingerprint density at radius 2 is 1.91 bits per heavy atom. The van der Waals surface area contributed by atoms with Gasteiger partial charge in [0.25, 0.3) is 0 Å². The minimum absolute atomic E-state index is 0.0361. The van der Waals surface area contributed by atoms with Crippen LogP contribution in [0.2, 0.25) is 5.02 Å². The second kappa shape index (κ2) is 10.9. The topological polar surface area (TPSA) is 83.5 Å². The number of carbonyl (C=O) groups excluding carboxylic acids is 1. The average molecular weight is 500 g/mol. The highest BCUT2D eigenvalue weighted by Crippen LogP contribution is 2.50. The molecule has 1 aliphatic heterocycles. The van der Waals surface area contributed by atoms with Crippen LogP contribution in [0.25, 0.3) is 0 Å². The second-order valence-corrected chi connectivity index (χ2v) is 11.4. The molecule has 7 heteroatoms. The van der Waals surface area contributed by atoms with E-state index in [0.717, 1.165) is 36.8 Å². The largest absolute Gasteiger partial charge is 0.471 e. The van der Waals surface area contributed by atoms with Gasteiger partial charge in [0.2, 0.25) is 11.8 Å². The number of rotatable bonds is 9. The van der Waals surface area contributed by atoms with Gasteiger partial charge in [-0.25, -0.2) is 4.98 Å². The molecule has 1 aromatic carbocycles. The van der Waals surface area contributed by atoms with Crippen LogP contribution in [0.1, 0.15) is 69.7 Å². The maximum atomic E-state index is 11.9. The molecule has 1 fully saturated rings. The van der Waals surface area contributed by atoms with Gasteiger partial charge < -0.3 is 20.5 Å². The predicted molar refractivity (Wildman–Crippen MR) is 139 cm³/mol. The molecule has 1 aliphatic carbocycles. The highest BCUT2D eigenvalue weighted by molar-refractivity contribution is 6.30. The zero-order valence-electron chi connectivity index (χ0n) is 21.2. The fraction of sp³-hybridized carbons (Fsp3) is 0.571. The molecule has 3 N–H and O–H groups in total. The maximum absolute atomic E-state index is 11.9. The summed E-state index contributed by atoms with van der Waals surface area (Å²) in [4.78, 5) is 16.6. The smallest absolute Gasteiger partial charge is 0.218 e. The second-order valence-electron chi connectivity index (χ2n) is 11.0. The molecule has 1 spiro atoms. The number of amides is 1. The van der Waals surface area contributed by atoms with Gasteiger partial charge in [0.05, 0.1) is 12.1 Å². The van der Waals surface area contributed by atoms with Gasteiger partial charge in [-0.1, -0.05) is 44.5 Å². The summed E-state index contributed by atoms with van der Waals surface area (Å²) in [5, 5.41) is 18.3. The van der Waals surface area contributed by atoms with Crippen molar-refractivity contribution < 1.29 is 14.6 Å². The molecule has 4 rings (SSSR count). The number of nitrogens with one attached hydrogen (secondary N) is 2. The molecule has 6 nitrogen and oxygen atoms in total. The molecule has 0 unspecified atom stereocenters. The van der Waals surface area contributed by atoms with Crippen molar-refractivity contribution in [2.75, 3.05) is 6.54 Å². The first-order valence-corrected chi connectivity index (χ1v) is 13.1. The van der Waals surface area contributed by atoms with E-state index in [0.29, 0.717) is 35.7 Å². The van der Waals surface area contributed by atoms with E-state index in [-0.39, 0.29) is 17.6 Å². The van der Waals surface area contributed by atoms with E-state index in [1.54, 1.807) is 0 Å². The van der Waals surface area contributed by atoms with Crippen molar-refractivity contribution in [3.05, 3.63) is 58.2 Å². The van der Waals surface area contributed by atoms with Crippen LogP contribution in [0.4, 0.5) is 0 Å². The van der Waals surface area contributed by atoms with E-state index in [1.165, 1.54) is 12.5 Å². The van der Waals surface area contributed by atoms with Crippen LogP contribution >= 0.6 is 11.6 Å². The van der Waals surface area contributed by atoms with E-state index in [4.69, 9.17) is 21.3 Å². The standard InChI is InChI=1S/C28H38ClN3O3/c1-17(2)9-21-10-23-25(14-28(12-18(3)13-28)35-27(23)31-15-21)30-16-26(34)24(32-19(4)33)11-20-5-7-22(29)8-6-20/h5-8,10,15,17-18,24-26,30,34H,9,11-14,16H2,1-4H3,(H,32,33)/t18?,24-,25-,26+,28?/m0/s1. The first-order chi connectivity index (χ1) is 16.6. The lowest BCUT2D eigenvalue weighted by molar-refractivity contribution is -0.120. The maximum Gasteiger partial charge on any atom is 0.218 e. The number of pyridine rings is 1. The predicted octanol–water partition coefficient (Wildman–Crippen LogP) is 4.62. The SMILES string of the molecule is CC(=O)N[C@@H](Cc1ccc(Cl)cc1)[C@H](O)CN[C@H]1CC2(CC(C)C2)Oc2ncc(CC(C)C)cc21. The number of hydrogen-bond donors (Lipinski definition) is 3. The summed E-state index contributed by atoms with van der Waals surface area (Å²) >= 11 is 6.02. The number of aliphatic hydroxyl groups is 1. The molecule has 0 radical (unpaired) electrons. The third kappa shape index (κ3) is 6.54. The van der Waals surface area contributed by atoms with Gasteiger partial charge in [-0.2, -0.15) is 0 Å². The molecule has 0 bridgehead atoms. The summed E-state index contributed by atoms with van der Waals surface area (Å²) in [5.74, 6) is 1.73. The van der Waals surface area contributed by atoms with E-state index in [2.05, 4.69) is 37.5 Å². The van der Waals surface area contributed by atoms with E-state index >= 15 is 0 Å². The minimum Gasteiger partial charge on any atom is -0.471 e. The Bertz CT molecular complexity index is 1020. The highest BCUT2D eigenvalue weighted by atomic mass is 35.5. The van der Waals surface area contributed by atoms with Crippen LogP contribution in [-0.2, 0) is 17.6 Å². The monoisotopic (exact) mass is 499 g/mol. The van der Waals surface area contributed by atoms with Gasteiger partial charge in [-0.3, -0.25) is 4.79 Å². The van der Waals surface area contributed by atoms with Crippen molar-refractivity contribution in [2.45, 2.75) is 83.6 Å². The van der Waals surface area contributed by atoms with E-state index in [9.17, 15) is 9.90 Å². The number of nitrogens with zero attached hydrogens (tertiary/aromatic N) is 1. The van der Waals surface area contributed by atoms with E-state index < -0.39 is 12.1 Å². The first kappa shape index (κ1) is 25.9. The number of hydrogen-bond acceptors (Lipinski definition) is 5. The van der Waals surface area contributed by atoms with Crippen LogP contribution in [-0.4, -0.2) is 40.3 Å². The molecule has 0 saturated heterocycles. The number of aromatic nitrogens is 1. The van der Waals surface area contributed by atoms with Crippen molar-refractivity contribution in [1.29, 1.82) is 0 Å². The summed E-state index contributed by atoms with van der Waals surface area (Å²) in [6.45, 7) is 8.49. The molecule has 2 aliphatic rings. The van der Waals surface area contributed by atoms with Crippen molar-refractivity contribution in [1.82, 2.24) is 15.6 Å². The molecule has 35 heavy (non-hydrogen) atoms. The van der Waals surface area contributed by atoms with Crippen LogP contribution in [0.15, 0.2) is 36.5 Å². The van der Waals surface area contributed by atoms with Gasteiger partial charge in [0.1, 0.15) is 5.60 Å². The zero-order chi connectivity index (χ0) is 25.2. The van der Waals surface area contributed by atoms with Gasteiger partial charge in [0.15, 0.2) is 0 Å². The molecule has 3 atom stereocenters. The third-order valence-electron chi connectivity index (χ3n) is 7.08. The van der Waals surface area contributed by atoms with Crippen LogP contribution in [0.5, 0.6) is 5.88 Å². The highest BCUT2D eigenvalue weighted by Gasteiger charge is 2.49. The Morgan fingerprint density at radius 1 is 1.20 bits per heavy atom. The zero-order valence-corrected chi connectivity index (χ0v) is 21.9. The van der Waals surface area contributed by atoms with Gasteiger partial charge in [-0.05, 0) is 66.8 Å². The van der Waals surface area contributed by atoms with E-state index in [1.807, 2.05) is 30.5 Å². The van der Waals surface area contributed by atoms with Gasteiger partial charge in [0, 0.05) is 42.7 Å². The molecular formula is C28H38ClN3O3. The lowest BCUT2D eigenvalue weighted by Crippen LogP contribution is -2.54. The van der Waals surface area contributed by atoms with Crippen molar-refractivity contribution in [2.24, 2.45) is 11.8 Å². The molecule has 190 valence electrons. The summed E-state index contributed by atoms with van der Waals surface area (Å²) in [7, 11) is 0. The van der Waals surface area contributed by atoms with Gasteiger partial charge in [-0.15, -0.1) is 0 Å². The summed E-state index contributed by atoms with van der Waals surface area (Å²) in [6, 6.07) is 9.33. The van der Waals surface area contributed by atoms with Crippen molar-refractivity contribution in [3.8, 4) is 5.88 Å². The summed E-state index contributed by atoms with van der Waals surface area (Å²) in [6.07, 6.45) is 5.55. The molecule has 1 aromatic heterocycles. The van der Waals surface area contributed by atoms with Crippen molar-refractivity contribution in [3.63, 3.8) is 0 Å². The molecule has 1 amide bonds. The lowest BCUT2D eigenvalue weighted by atomic mass is 9.67. The number of benzene rings is 1. The first-order valence-electron chi connectivity index (χ1n) is 12.7. The van der Waals surface area contributed by atoms with Crippen molar-refractivity contribution >= 4 is 17.5 Å². The Balaban J connectivity index is 1.49. The van der Waals surface area contributed by atoms with Gasteiger partial charge >= 0.3 is 0 Å².